The van der Waals surface area contributed by atoms with Gasteiger partial charge in [0.25, 0.3) is 0 Å². The van der Waals surface area contributed by atoms with Crippen molar-refractivity contribution in [3.63, 3.8) is 0 Å². The fraction of sp³-hybridized carbons (Fsp3) is 0.588. The van der Waals surface area contributed by atoms with E-state index in [1.807, 2.05) is 11.9 Å². The van der Waals surface area contributed by atoms with Gasteiger partial charge in [-0.2, -0.15) is 0 Å². The normalized spacial score (nSPS) is 13.4. The number of benzene rings is 1. The summed E-state index contributed by atoms with van der Waals surface area (Å²) in [7, 11) is 1.85. The summed E-state index contributed by atoms with van der Waals surface area (Å²) < 4.78 is 0. The molecule has 1 aromatic carbocycles. The van der Waals surface area contributed by atoms with Gasteiger partial charge in [0.05, 0.1) is 13.0 Å². The first-order valence-corrected chi connectivity index (χ1v) is 7.36. The number of aliphatic hydroxyl groups excluding tert-OH is 1. The lowest BCUT2D eigenvalue weighted by Gasteiger charge is -2.26. The molecule has 4 heteroatoms. The van der Waals surface area contributed by atoms with Gasteiger partial charge in [-0.05, 0) is 30.0 Å². The number of carboxylic acids is 1. The van der Waals surface area contributed by atoms with Crippen LogP contribution in [0, 0.1) is 0 Å². The topological polar surface area (TPSA) is 60.8 Å². The molecule has 21 heavy (non-hydrogen) atoms. The monoisotopic (exact) mass is 293 g/mol. The second kappa shape index (κ2) is 7.57. The summed E-state index contributed by atoms with van der Waals surface area (Å²) in [4.78, 5) is 12.9. The molecule has 0 aliphatic rings. The Hall–Kier alpha value is -1.39. The van der Waals surface area contributed by atoms with Crippen LogP contribution in [-0.2, 0) is 16.6 Å². The van der Waals surface area contributed by atoms with Gasteiger partial charge in [0.1, 0.15) is 0 Å². The lowest BCUT2D eigenvalue weighted by molar-refractivity contribution is -0.138. The van der Waals surface area contributed by atoms with Crippen molar-refractivity contribution in [2.45, 2.75) is 45.1 Å². The molecule has 0 aromatic heterocycles. The van der Waals surface area contributed by atoms with Crippen LogP contribution in [0.3, 0.4) is 0 Å². The molecular formula is C17H27NO3. The highest BCUT2D eigenvalue weighted by atomic mass is 16.4. The van der Waals surface area contributed by atoms with E-state index in [1.54, 1.807) is 0 Å². The van der Waals surface area contributed by atoms with Crippen LogP contribution in [-0.4, -0.2) is 47.3 Å². The van der Waals surface area contributed by atoms with Gasteiger partial charge in [-0.25, -0.2) is 0 Å². The largest absolute Gasteiger partial charge is 0.481 e. The van der Waals surface area contributed by atoms with Crippen LogP contribution in [0.5, 0.6) is 0 Å². The third kappa shape index (κ3) is 5.86. The SMILES string of the molecule is CN(CCO)C(CC(=O)O)Cc1ccc(C(C)(C)C)cc1. The number of likely N-dealkylation sites (N-methyl/N-ethyl adjacent to an activating group) is 1. The van der Waals surface area contributed by atoms with E-state index >= 15 is 0 Å². The Morgan fingerprint density at radius 3 is 2.24 bits per heavy atom. The van der Waals surface area contributed by atoms with Crippen LogP contribution in [0.15, 0.2) is 24.3 Å². The summed E-state index contributed by atoms with van der Waals surface area (Å²) >= 11 is 0. The van der Waals surface area contributed by atoms with Crippen molar-refractivity contribution in [3.8, 4) is 0 Å². The number of nitrogens with zero attached hydrogens (tertiary/aromatic N) is 1. The highest BCUT2D eigenvalue weighted by Crippen LogP contribution is 2.23. The quantitative estimate of drug-likeness (QED) is 0.810. The number of hydrogen-bond donors (Lipinski definition) is 2. The van der Waals surface area contributed by atoms with Crippen molar-refractivity contribution in [2.24, 2.45) is 0 Å². The molecular weight excluding hydrogens is 266 g/mol. The minimum absolute atomic E-state index is 0.0373. The average molecular weight is 293 g/mol. The Bertz CT molecular complexity index is 448. The fourth-order valence-electron chi connectivity index (χ4n) is 2.34. The smallest absolute Gasteiger partial charge is 0.304 e. The van der Waals surface area contributed by atoms with E-state index in [0.717, 1.165) is 5.56 Å². The molecule has 0 heterocycles. The van der Waals surface area contributed by atoms with Crippen molar-refractivity contribution < 1.29 is 15.0 Å². The molecule has 118 valence electrons. The lowest BCUT2D eigenvalue weighted by Crippen LogP contribution is -2.37. The van der Waals surface area contributed by atoms with Gasteiger partial charge >= 0.3 is 5.97 Å². The molecule has 0 spiro atoms. The van der Waals surface area contributed by atoms with Gasteiger partial charge in [0.2, 0.25) is 0 Å². The molecule has 1 aromatic rings. The van der Waals surface area contributed by atoms with Crippen molar-refractivity contribution >= 4 is 5.97 Å². The van der Waals surface area contributed by atoms with Crippen LogP contribution >= 0.6 is 0 Å². The first-order chi connectivity index (χ1) is 9.74. The summed E-state index contributed by atoms with van der Waals surface area (Å²) in [6, 6.07) is 8.26. The fourth-order valence-corrected chi connectivity index (χ4v) is 2.34. The Balaban J connectivity index is 2.80. The minimum atomic E-state index is -0.809. The maximum atomic E-state index is 11.0. The summed E-state index contributed by atoms with van der Waals surface area (Å²) in [5.41, 5.74) is 2.51. The molecule has 1 rings (SSSR count). The number of carboxylic acid groups (broad SMARTS) is 1. The van der Waals surface area contributed by atoms with Crippen LogP contribution < -0.4 is 0 Å². The zero-order valence-corrected chi connectivity index (χ0v) is 13.5. The van der Waals surface area contributed by atoms with Gasteiger partial charge in [0, 0.05) is 12.6 Å². The maximum Gasteiger partial charge on any atom is 0.304 e. The van der Waals surface area contributed by atoms with Crippen molar-refractivity contribution in [1.29, 1.82) is 0 Å². The first kappa shape index (κ1) is 17.7. The van der Waals surface area contributed by atoms with E-state index in [1.165, 1.54) is 5.56 Å². The number of hydrogen-bond acceptors (Lipinski definition) is 3. The second-order valence-electron chi connectivity index (χ2n) is 6.61. The number of aliphatic carboxylic acids is 1. The van der Waals surface area contributed by atoms with Crippen LogP contribution in [0.2, 0.25) is 0 Å². The summed E-state index contributed by atoms with van der Waals surface area (Å²) in [6.07, 6.45) is 0.755. The molecule has 0 saturated carbocycles. The van der Waals surface area contributed by atoms with Gasteiger partial charge in [-0.15, -0.1) is 0 Å². The summed E-state index contributed by atoms with van der Waals surface area (Å²) in [6.45, 7) is 7.03. The molecule has 0 bridgehead atoms. The molecule has 0 saturated heterocycles. The van der Waals surface area contributed by atoms with Crippen molar-refractivity contribution in [3.05, 3.63) is 35.4 Å². The van der Waals surface area contributed by atoms with E-state index in [0.29, 0.717) is 13.0 Å². The van der Waals surface area contributed by atoms with E-state index < -0.39 is 5.97 Å². The Morgan fingerprint density at radius 1 is 1.24 bits per heavy atom. The third-order valence-corrected chi connectivity index (χ3v) is 3.78. The standard InChI is InChI=1S/C17H27NO3/c1-17(2,3)14-7-5-13(6-8-14)11-15(12-16(20)21)18(4)9-10-19/h5-8,15,19H,9-12H2,1-4H3,(H,20,21). The molecule has 0 fully saturated rings. The molecule has 2 N–H and O–H groups in total. The zero-order chi connectivity index (χ0) is 16.0. The number of carbonyl (C=O) groups is 1. The molecule has 1 unspecified atom stereocenters. The number of aliphatic hydroxyl groups is 1. The van der Waals surface area contributed by atoms with Crippen LogP contribution in [0.25, 0.3) is 0 Å². The average Bonchev–Trinajstić information content (AvgIpc) is 2.37. The van der Waals surface area contributed by atoms with Gasteiger partial charge in [-0.1, -0.05) is 45.0 Å². The Labute approximate surface area is 127 Å². The van der Waals surface area contributed by atoms with E-state index in [2.05, 4.69) is 45.0 Å². The predicted molar refractivity (Wildman–Crippen MR) is 84.6 cm³/mol. The van der Waals surface area contributed by atoms with Gasteiger partial charge < -0.3 is 15.1 Å². The number of rotatable bonds is 7. The molecule has 0 amide bonds. The Kier molecular flexibility index (Phi) is 6.37. The summed E-state index contributed by atoms with van der Waals surface area (Å²) in [5.74, 6) is -0.809. The second-order valence-corrected chi connectivity index (χ2v) is 6.61. The first-order valence-electron chi connectivity index (χ1n) is 7.36. The van der Waals surface area contributed by atoms with E-state index in [-0.39, 0.29) is 24.5 Å². The Morgan fingerprint density at radius 2 is 1.81 bits per heavy atom. The minimum Gasteiger partial charge on any atom is -0.481 e. The zero-order valence-electron chi connectivity index (χ0n) is 13.5. The molecule has 0 radical (unpaired) electrons. The molecule has 1 atom stereocenters. The van der Waals surface area contributed by atoms with Crippen LogP contribution in [0.1, 0.15) is 38.3 Å². The maximum absolute atomic E-state index is 11.0. The third-order valence-electron chi connectivity index (χ3n) is 3.78. The highest BCUT2D eigenvalue weighted by Gasteiger charge is 2.19. The summed E-state index contributed by atoms with van der Waals surface area (Å²) in [5, 5.41) is 18.1. The highest BCUT2D eigenvalue weighted by molar-refractivity contribution is 5.67. The molecule has 4 nitrogen and oxygen atoms in total. The molecule has 0 aliphatic carbocycles. The molecule has 0 aliphatic heterocycles. The van der Waals surface area contributed by atoms with E-state index in [9.17, 15) is 4.79 Å². The predicted octanol–water partition coefficient (Wildman–Crippen LogP) is 2.29. The van der Waals surface area contributed by atoms with Crippen molar-refractivity contribution in [2.75, 3.05) is 20.2 Å². The van der Waals surface area contributed by atoms with Crippen LogP contribution in [0.4, 0.5) is 0 Å². The van der Waals surface area contributed by atoms with Gasteiger partial charge in [0.15, 0.2) is 0 Å². The van der Waals surface area contributed by atoms with E-state index in [4.69, 9.17) is 10.2 Å². The van der Waals surface area contributed by atoms with Crippen molar-refractivity contribution in [1.82, 2.24) is 4.90 Å². The van der Waals surface area contributed by atoms with Gasteiger partial charge in [-0.3, -0.25) is 4.79 Å². The lowest BCUT2D eigenvalue weighted by atomic mass is 9.86.